The fraction of sp³-hybridized carbons (Fsp3) is 0.667. The lowest BCUT2D eigenvalue weighted by Gasteiger charge is -2.34. The third-order valence-electron chi connectivity index (χ3n) is 4.94. The first-order chi connectivity index (χ1) is 10.2. The van der Waals surface area contributed by atoms with Crippen LogP contribution < -0.4 is 5.32 Å². The van der Waals surface area contributed by atoms with Gasteiger partial charge in [-0.05, 0) is 49.4 Å². The molecule has 1 aromatic carbocycles. The number of unbranched alkanes of at least 4 members (excludes halogenated alkanes) is 1. The minimum atomic E-state index is -0.767. The fourth-order valence-electron chi connectivity index (χ4n) is 3.68. The lowest BCUT2D eigenvalue weighted by atomic mass is 9.75. The highest BCUT2D eigenvalue weighted by molar-refractivity contribution is 5.22. The Morgan fingerprint density at radius 3 is 2.43 bits per heavy atom. The van der Waals surface area contributed by atoms with Gasteiger partial charge in [-0.15, -0.1) is 0 Å². The van der Waals surface area contributed by atoms with Crippen molar-refractivity contribution >= 4 is 0 Å². The SMILES string of the molecule is CCCCC1CCC(C(NC)c2ccc(F)c(F)c2)CC1. The molecule has 1 N–H and O–H groups in total. The van der Waals surface area contributed by atoms with E-state index in [9.17, 15) is 8.78 Å². The van der Waals surface area contributed by atoms with Crippen molar-refractivity contribution in [1.29, 1.82) is 0 Å². The van der Waals surface area contributed by atoms with Crippen LogP contribution in [-0.2, 0) is 0 Å². The van der Waals surface area contributed by atoms with E-state index in [1.807, 2.05) is 7.05 Å². The van der Waals surface area contributed by atoms with Crippen molar-refractivity contribution in [3.8, 4) is 0 Å². The molecule has 1 aliphatic carbocycles. The van der Waals surface area contributed by atoms with Gasteiger partial charge in [-0.3, -0.25) is 0 Å². The molecule has 0 heterocycles. The van der Waals surface area contributed by atoms with E-state index in [0.717, 1.165) is 11.5 Å². The quantitative estimate of drug-likeness (QED) is 0.758. The maximum atomic E-state index is 13.4. The van der Waals surface area contributed by atoms with Crippen LogP contribution in [0, 0.1) is 23.5 Å². The van der Waals surface area contributed by atoms with Crippen LogP contribution in [0.2, 0.25) is 0 Å². The number of benzene rings is 1. The fourth-order valence-corrected chi connectivity index (χ4v) is 3.68. The van der Waals surface area contributed by atoms with Crippen LogP contribution in [0.1, 0.15) is 63.5 Å². The molecule has 1 atom stereocenters. The van der Waals surface area contributed by atoms with Crippen molar-refractivity contribution in [2.24, 2.45) is 11.8 Å². The number of hydrogen-bond donors (Lipinski definition) is 1. The van der Waals surface area contributed by atoms with Gasteiger partial charge in [0.05, 0.1) is 0 Å². The minimum Gasteiger partial charge on any atom is -0.313 e. The predicted molar refractivity (Wildman–Crippen MR) is 83.1 cm³/mol. The molecule has 118 valence electrons. The Kier molecular flexibility index (Phi) is 6.16. The van der Waals surface area contributed by atoms with E-state index >= 15 is 0 Å². The zero-order valence-electron chi connectivity index (χ0n) is 13.2. The molecule has 1 saturated carbocycles. The molecule has 0 amide bonds. The Morgan fingerprint density at radius 2 is 1.86 bits per heavy atom. The van der Waals surface area contributed by atoms with Gasteiger partial charge in [0.25, 0.3) is 0 Å². The Hall–Kier alpha value is -0.960. The maximum absolute atomic E-state index is 13.4. The molecule has 0 saturated heterocycles. The summed E-state index contributed by atoms with van der Waals surface area (Å²) in [6, 6.07) is 4.43. The highest BCUT2D eigenvalue weighted by Crippen LogP contribution is 2.38. The summed E-state index contributed by atoms with van der Waals surface area (Å²) >= 11 is 0. The van der Waals surface area contributed by atoms with Crippen molar-refractivity contribution in [2.75, 3.05) is 7.05 Å². The summed E-state index contributed by atoms with van der Waals surface area (Å²) in [4.78, 5) is 0. The lowest BCUT2D eigenvalue weighted by Crippen LogP contribution is -2.29. The van der Waals surface area contributed by atoms with Gasteiger partial charge in [0, 0.05) is 6.04 Å². The summed E-state index contributed by atoms with van der Waals surface area (Å²) < 4.78 is 26.5. The summed E-state index contributed by atoms with van der Waals surface area (Å²) in [6.45, 7) is 2.24. The van der Waals surface area contributed by atoms with Gasteiger partial charge in [0.2, 0.25) is 0 Å². The molecule has 1 nitrogen and oxygen atoms in total. The number of halogens is 2. The molecule has 0 bridgehead atoms. The second-order valence-corrected chi connectivity index (χ2v) is 6.36. The Morgan fingerprint density at radius 1 is 1.14 bits per heavy atom. The molecular formula is C18H27F2N. The normalized spacial score (nSPS) is 24.0. The first kappa shape index (κ1) is 16.4. The minimum absolute atomic E-state index is 0.132. The van der Waals surface area contributed by atoms with Crippen LogP contribution in [0.5, 0.6) is 0 Å². The first-order valence-electron chi connectivity index (χ1n) is 8.28. The van der Waals surface area contributed by atoms with Gasteiger partial charge in [-0.2, -0.15) is 0 Å². The van der Waals surface area contributed by atoms with Crippen molar-refractivity contribution < 1.29 is 8.78 Å². The molecule has 0 radical (unpaired) electrons. The monoisotopic (exact) mass is 295 g/mol. The molecular weight excluding hydrogens is 268 g/mol. The average molecular weight is 295 g/mol. The third kappa shape index (κ3) is 4.26. The van der Waals surface area contributed by atoms with Crippen LogP contribution in [0.15, 0.2) is 18.2 Å². The van der Waals surface area contributed by atoms with E-state index in [0.29, 0.717) is 5.92 Å². The predicted octanol–water partition coefficient (Wildman–Crippen LogP) is 5.22. The van der Waals surface area contributed by atoms with Gasteiger partial charge < -0.3 is 5.32 Å². The average Bonchev–Trinajstić information content (AvgIpc) is 2.50. The third-order valence-corrected chi connectivity index (χ3v) is 4.94. The zero-order chi connectivity index (χ0) is 15.2. The van der Waals surface area contributed by atoms with Gasteiger partial charge in [-0.25, -0.2) is 8.78 Å². The van der Waals surface area contributed by atoms with Crippen LogP contribution in [0.25, 0.3) is 0 Å². The number of rotatable bonds is 6. The van der Waals surface area contributed by atoms with Gasteiger partial charge in [-0.1, -0.05) is 45.1 Å². The number of hydrogen-bond acceptors (Lipinski definition) is 1. The highest BCUT2D eigenvalue weighted by atomic mass is 19.2. The van der Waals surface area contributed by atoms with Crippen LogP contribution in [0.3, 0.4) is 0 Å². The van der Waals surface area contributed by atoms with E-state index in [-0.39, 0.29) is 6.04 Å². The van der Waals surface area contributed by atoms with E-state index in [2.05, 4.69) is 12.2 Å². The molecule has 1 unspecified atom stereocenters. The Labute approximate surface area is 127 Å². The van der Waals surface area contributed by atoms with E-state index in [4.69, 9.17) is 0 Å². The molecule has 1 aromatic rings. The van der Waals surface area contributed by atoms with Gasteiger partial charge >= 0.3 is 0 Å². The molecule has 3 heteroatoms. The summed E-state index contributed by atoms with van der Waals surface area (Å²) in [7, 11) is 1.91. The molecule has 0 aliphatic heterocycles. The van der Waals surface area contributed by atoms with Crippen molar-refractivity contribution in [3.05, 3.63) is 35.4 Å². The second kappa shape index (κ2) is 7.88. The van der Waals surface area contributed by atoms with Crippen molar-refractivity contribution in [3.63, 3.8) is 0 Å². The highest BCUT2D eigenvalue weighted by Gasteiger charge is 2.27. The second-order valence-electron chi connectivity index (χ2n) is 6.36. The van der Waals surface area contributed by atoms with Crippen molar-refractivity contribution in [2.45, 2.75) is 57.9 Å². The zero-order valence-corrected chi connectivity index (χ0v) is 13.2. The van der Waals surface area contributed by atoms with Crippen molar-refractivity contribution in [1.82, 2.24) is 5.32 Å². The first-order valence-corrected chi connectivity index (χ1v) is 8.28. The molecule has 21 heavy (non-hydrogen) atoms. The van der Waals surface area contributed by atoms with Gasteiger partial charge in [0.1, 0.15) is 0 Å². The molecule has 1 aliphatic rings. The van der Waals surface area contributed by atoms with E-state index < -0.39 is 11.6 Å². The lowest BCUT2D eigenvalue weighted by molar-refractivity contribution is 0.217. The molecule has 0 aromatic heterocycles. The smallest absolute Gasteiger partial charge is 0.159 e. The van der Waals surface area contributed by atoms with Crippen LogP contribution in [0.4, 0.5) is 8.78 Å². The summed E-state index contributed by atoms with van der Waals surface area (Å²) in [5, 5.41) is 3.30. The molecule has 1 fully saturated rings. The summed E-state index contributed by atoms with van der Waals surface area (Å²) in [5.74, 6) is -0.123. The largest absolute Gasteiger partial charge is 0.313 e. The van der Waals surface area contributed by atoms with Crippen LogP contribution in [-0.4, -0.2) is 7.05 Å². The summed E-state index contributed by atoms with van der Waals surface area (Å²) in [6.07, 6.45) is 8.84. The molecule has 0 spiro atoms. The standard InChI is InChI=1S/C18H27F2N/c1-3-4-5-13-6-8-14(9-7-13)18(21-2)15-10-11-16(19)17(20)12-15/h10-14,18,21H,3-9H2,1-2H3. The van der Waals surface area contributed by atoms with E-state index in [1.54, 1.807) is 6.07 Å². The van der Waals surface area contributed by atoms with Crippen LogP contribution >= 0.6 is 0 Å². The molecule has 2 rings (SSSR count). The topological polar surface area (TPSA) is 12.0 Å². The van der Waals surface area contributed by atoms with Gasteiger partial charge in [0.15, 0.2) is 11.6 Å². The Balaban J connectivity index is 1.97. The number of nitrogens with one attached hydrogen (secondary N) is 1. The Bertz CT molecular complexity index is 439. The summed E-state index contributed by atoms with van der Waals surface area (Å²) in [5.41, 5.74) is 0.869. The van der Waals surface area contributed by atoms with E-state index in [1.165, 1.54) is 57.1 Å². The maximum Gasteiger partial charge on any atom is 0.159 e.